The minimum Gasteiger partial charge on any atom is -0.443 e. The molecule has 110 valence electrons. The number of fused-ring (bicyclic) bond motifs is 2. The van der Waals surface area contributed by atoms with Gasteiger partial charge in [0.25, 0.3) is 0 Å². The van der Waals surface area contributed by atoms with Gasteiger partial charge in [0.2, 0.25) is 0 Å². The minimum atomic E-state index is -0.764. The maximum absolute atomic E-state index is 12.1. The smallest absolute Gasteiger partial charge is 0.441 e. The van der Waals surface area contributed by atoms with Crippen molar-refractivity contribution in [2.75, 3.05) is 0 Å². The van der Waals surface area contributed by atoms with Gasteiger partial charge in [0.05, 0.1) is 5.41 Å². The van der Waals surface area contributed by atoms with E-state index in [0.717, 1.165) is 24.8 Å². The lowest BCUT2D eigenvalue weighted by Crippen LogP contribution is -2.35. The number of hydrogen-bond acceptors (Lipinski definition) is 4. The number of nitrogens with one attached hydrogen (secondary N) is 1. The molecule has 1 saturated carbocycles. The van der Waals surface area contributed by atoms with Gasteiger partial charge in [0.15, 0.2) is 0 Å². The van der Waals surface area contributed by atoms with E-state index in [2.05, 4.69) is 11.6 Å². The molecule has 2 unspecified atom stereocenters. The molecule has 5 nitrogen and oxygen atoms in total. The molecule has 0 heterocycles. The molecule has 0 aliphatic heterocycles. The Labute approximate surface area is 122 Å². The largest absolute Gasteiger partial charge is 0.443 e. The van der Waals surface area contributed by atoms with Gasteiger partial charge in [0, 0.05) is 0 Å². The summed E-state index contributed by atoms with van der Waals surface area (Å²) in [6, 6.07) is 9.30. The molecule has 1 aromatic carbocycles. The number of carbonyl (C=O) groups excluding carboxylic acids is 2. The van der Waals surface area contributed by atoms with E-state index in [-0.39, 0.29) is 6.61 Å². The van der Waals surface area contributed by atoms with Crippen LogP contribution >= 0.6 is 0 Å². The Morgan fingerprint density at radius 3 is 2.71 bits per heavy atom. The van der Waals surface area contributed by atoms with Crippen LogP contribution in [0.5, 0.6) is 0 Å². The standard InChI is InChI=1S/C16H17NO4/c18-14(16-8-6-12(10-16)7-9-16)21-17-15(19)20-11-13-4-2-1-3-5-13/h1-6,8,12H,7,9-11H2,(H,17,19). The molecule has 2 aliphatic rings. The fourth-order valence-corrected chi connectivity index (χ4v) is 2.95. The molecule has 1 fully saturated rings. The Kier molecular flexibility index (Phi) is 3.64. The summed E-state index contributed by atoms with van der Waals surface area (Å²) in [5.74, 6) is 0.0676. The highest BCUT2D eigenvalue weighted by atomic mass is 16.7. The lowest BCUT2D eigenvalue weighted by atomic mass is 9.88. The zero-order chi connectivity index (χ0) is 14.7. The monoisotopic (exact) mass is 287 g/mol. The Morgan fingerprint density at radius 2 is 2.10 bits per heavy atom. The van der Waals surface area contributed by atoms with E-state index in [1.54, 1.807) is 0 Å². The van der Waals surface area contributed by atoms with Gasteiger partial charge >= 0.3 is 12.1 Å². The summed E-state index contributed by atoms with van der Waals surface area (Å²) in [6.45, 7) is 0.136. The molecular weight excluding hydrogens is 270 g/mol. The fourth-order valence-electron chi connectivity index (χ4n) is 2.95. The second-order valence-corrected chi connectivity index (χ2v) is 5.57. The molecule has 1 aromatic rings. The number of amides is 1. The molecule has 0 saturated heterocycles. The molecule has 1 N–H and O–H groups in total. The maximum Gasteiger partial charge on any atom is 0.441 e. The number of hydrogen-bond donors (Lipinski definition) is 1. The fraction of sp³-hybridized carbons (Fsp3) is 0.375. The summed E-state index contributed by atoms with van der Waals surface area (Å²) in [5, 5.41) is 0. The third kappa shape index (κ3) is 2.91. The molecule has 3 rings (SSSR count). The van der Waals surface area contributed by atoms with Gasteiger partial charge < -0.3 is 9.57 Å². The highest BCUT2D eigenvalue weighted by molar-refractivity contribution is 5.81. The number of ether oxygens (including phenoxy) is 1. The van der Waals surface area contributed by atoms with Crippen molar-refractivity contribution in [2.24, 2.45) is 11.3 Å². The van der Waals surface area contributed by atoms with Crippen molar-refractivity contribution in [3.05, 3.63) is 48.0 Å². The number of benzene rings is 1. The molecule has 2 bridgehead atoms. The van der Waals surface area contributed by atoms with Crippen molar-refractivity contribution < 1.29 is 19.2 Å². The first kappa shape index (κ1) is 13.7. The molecule has 0 spiro atoms. The van der Waals surface area contributed by atoms with Crippen LogP contribution in [0.4, 0.5) is 4.79 Å². The average molecular weight is 287 g/mol. The van der Waals surface area contributed by atoms with Gasteiger partial charge in [-0.05, 0) is 30.7 Å². The quantitative estimate of drug-likeness (QED) is 0.685. The van der Waals surface area contributed by atoms with E-state index in [4.69, 9.17) is 9.57 Å². The minimum absolute atomic E-state index is 0.136. The Hall–Kier alpha value is -2.30. The van der Waals surface area contributed by atoms with Crippen LogP contribution in [0.25, 0.3) is 0 Å². The van der Waals surface area contributed by atoms with Crippen molar-refractivity contribution in [3.8, 4) is 0 Å². The molecule has 0 aromatic heterocycles. The molecule has 21 heavy (non-hydrogen) atoms. The Balaban J connectivity index is 1.44. The predicted octanol–water partition coefficient (Wildman–Crippen LogP) is 2.73. The highest BCUT2D eigenvalue weighted by Crippen LogP contribution is 2.49. The summed E-state index contributed by atoms with van der Waals surface area (Å²) in [5.41, 5.74) is 2.39. The first-order valence-electron chi connectivity index (χ1n) is 7.05. The van der Waals surface area contributed by atoms with Crippen LogP contribution in [0.3, 0.4) is 0 Å². The summed E-state index contributed by atoms with van der Waals surface area (Å²) < 4.78 is 4.97. The predicted molar refractivity (Wildman–Crippen MR) is 74.8 cm³/mol. The zero-order valence-electron chi connectivity index (χ0n) is 11.6. The van der Waals surface area contributed by atoms with Crippen molar-refractivity contribution in [1.29, 1.82) is 0 Å². The first-order valence-corrected chi connectivity index (χ1v) is 7.05. The summed E-state index contributed by atoms with van der Waals surface area (Å²) in [7, 11) is 0. The van der Waals surface area contributed by atoms with Crippen LogP contribution in [0, 0.1) is 11.3 Å². The second kappa shape index (κ2) is 5.60. The van der Waals surface area contributed by atoms with Crippen molar-refractivity contribution in [2.45, 2.75) is 25.9 Å². The lowest BCUT2D eigenvalue weighted by Gasteiger charge is -2.20. The number of hydroxylamine groups is 1. The molecule has 2 atom stereocenters. The Bertz CT molecular complexity index is 569. The van der Waals surface area contributed by atoms with Gasteiger partial charge in [-0.2, -0.15) is 0 Å². The zero-order valence-corrected chi connectivity index (χ0v) is 11.6. The van der Waals surface area contributed by atoms with Crippen LogP contribution in [0.15, 0.2) is 42.5 Å². The van der Waals surface area contributed by atoms with Crippen LogP contribution < -0.4 is 5.48 Å². The number of carbonyl (C=O) groups is 2. The van der Waals surface area contributed by atoms with Crippen LogP contribution in [-0.2, 0) is 21.0 Å². The highest BCUT2D eigenvalue weighted by Gasteiger charge is 2.48. The van der Waals surface area contributed by atoms with E-state index >= 15 is 0 Å². The van der Waals surface area contributed by atoms with E-state index in [1.807, 2.05) is 36.4 Å². The average Bonchev–Trinajstić information content (AvgIpc) is 3.14. The molecule has 2 aliphatic carbocycles. The van der Waals surface area contributed by atoms with E-state index in [0.29, 0.717) is 5.92 Å². The Morgan fingerprint density at radius 1 is 1.29 bits per heavy atom. The van der Waals surface area contributed by atoms with E-state index < -0.39 is 17.5 Å². The van der Waals surface area contributed by atoms with Gasteiger partial charge in [-0.15, -0.1) is 5.48 Å². The van der Waals surface area contributed by atoms with Gasteiger partial charge in [0.1, 0.15) is 6.61 Å². The molecule has 1 amide bonds. The summed E-state index contributed by atoms with van der Waals surface area (Å²) in [6.07, 6.45) is 5.77. The normalized spacial score (nSPS) is 25.6. The van der Waals surface area contributed by atoms with E-state index in [9.17, 15) is 9.59 Å². The van der Waals surface area contributed by atoms with Crippen molar-refractivity contribution in [1.82, 2.24) is 5.48 Å². The third-order valence-electron chi connectivity index (χ3n) is 4.12. The van der Waals surface area contributed by atoms with Crippen LogP contribution in [0.2, 0.25) is 0 Å². The maximum atomic E-state index is 12.1. The third-order valence-corrected chi connectivity index (χ3v) is 4.12. The molecule has 5 heteroatoms. The van der Waals surface area contributed by atoms with Gasteiger partial charge in [-0.25, -0.2) is 9.59 Å². The summed E-state index contributed by atoms with van der Waals surface area (Å²) >= 11 is 0. The van der Waals surface area contributed by atoms with Gasteiger partial charge in [-0.3, -0.25) is 0 Å². The lowest BCUT2D eigenvalue weighted by molar-refractivity contribution is -0.159. The molecule has 0 radical (unpaired) electrons. The number of rotatable bonds is 3. The van der Waals surface area contributed by atoms with Crippen LogP contribution in [-0.4, -0.2) is 12.1 Å². The van der Waals surface area contributed by atoms with Gasteiger partial charge in [-0.1, -0.05) is 42.5 Å². The van der Waals surface area contributed by atoms with E-state index in [1.165, 1.54) is 0 Å². The summed E-state index contributed by atoms with van der Waals surface area (Å²) in [4.78, 5) is 28.5. The van der Waals surface area contributed by atoms with Crippen molar-refractivity contribution >= 4 is 12.1 Å². The topological polar surface area (TPSA) is 64.6 Å². The first-order chi connectivity index (χ1) is 10.2. The molecular formula is C16H17NO4. The SMILES string of the molecule is O=C(NOC(=O)C12C=CC(CC1)C2)OCc1ccccc1. The number of allylic oxidation sites excluding steroid dienone is 1. The second-order valence-electron chi connectivity index (χ2n) is 5.57. The van der Waals surface area contributed by atoms with Crippen LogP contribution in [0.1, 0.15) is 24.8 Å². The van der Waals surface area contributed by atoms with Crippen molar-refractivity contribution in [3.63, 3.8) is 0 Å².